The van der Waals surface area contributed by atoms with Crippen molar-refractivity contribution < 1.29 is 4.74 Å². The van der Waals surface area contributed by atoms with Gasteiger partial charge in [-0.15, -0.1) is 0 Å². The Morgan fingerprint density at radius 3 is 2.68 bits per heavy atom. The van der Waals surface area contributed by atoms with Gasteiger partial charge in [-0.2, -0.15) is 0 Å². The van der Waals surface area contributed by atoms with Crippen LogP contribution < -0.4 is 15.8 Å². The molecule has 0 spiro atoms. The standard InChI is InChI=1S/C18H23N3O/c1-4-22-17-7-5-6-15(11-17)12-20-18(19)21-16-9-8-13(2)14(3)10-16/h5-11H,4,12H2,1-3H3,(H3,19,20,21). The van der Waals surface area contributed by atoms with Crippen LogP contribution in [0.1, 0.15) is 23.6 Å². The van der Waals surface area contributed by atoms with Crippen molar-refractivity contribution >= 4 is 11.6 Å². The molecule has 0 saturated heterocycles. The quantitative estimate of drug-likeness (QED) is 0.654. The molecule has 0 aliphatic rings. The van der Waals surface area contributed by atoms with Crippen molar-refractivity contribution in [3.63, 3.8) is 0 Å². The number of hydrogen-bond acceptors (Lipinski definition) is 2. The van der Waals surface area contributed by atoms with Crippen LogP contribution in [0.4, 0.5) is 5.69 Å². The summed E-state index contributed by atoms with van der Waals surface area (Å²) in [5.41, 5.74) is 10.4. The highest BCUT2D eigenvalue weighted by atomic mass is 16.5. The third-order valence-electron chi connectivity index (χ3n) is 3.42. The fraction of sp³-hybridized carbons (Fsp3) is 0.278. The summed E-state index contributed by atoms with van der Waals surface area (Å²) >= 11 is 0. The predicted octanol–water partition coefficient (Wildman–Crippen LogP) is 3.63. The molecule has 22 heavy (non-hydrogen) atoms. The number of aryl methyl sites for hydroxylation is 2. The smallest absolute Gasteiger partial charge is 0.193 e. The van der Waals surface area contributed by atoms with Gasteiger partial charge in [0, 0.05) is 5.69 Å². The van der Waals surface area contributed by atoms with Crippen LogP contribution in [-0.4, -0.2) is 12.6 Å². The van der Waals surface area contributed by atoms with Gasteiger partial charge in [0.25, 0.3) is 0 Å². The van der Waals surface area contributed by atoms with Crippen molar-refractivity contribution in [1.82, 2.24) is 0 Å². The molecule has 2 aromatic carbocycles. The Labute approximate surface area is 132 Å². The monoisotopic (exact) mass is 297 g/mol. The Morgan fingerprint density at radius 2 is 1.95 bits per heavy atom. The van der Waals surface area contributed by atoms with E-state index in [1.54, 1.807) is 0 Å². The third-order valence-corrected chi connectivity index (χ3v) is 3.42. The zero-order valence-corrected chi connectivity index (χ0v) is 13.4. The SMILES string of the molecule is CCOc1cccc(CN=C(N)Nc2ccc(C)c(C)c2)c1. The molecule has 3 N–H and O–H groups in total. The summed E-state index contributed by atoms with van der Waals surface area (Å²) in [5.74, 6) is 1.26. The minimum Gasteiger partial charge on any atom is -0.494 e. The number of aliphatic imine (C=N–C) groups is 1. The summed E-state index contributed by atoms with van der Waals surface area (Å²) in [6.07, 6.45) is 0. The molecule has 0 fully saturated rings. The van der Waals surface area contributed by atoms with E-state index in [-0.39, 0.29) is 0 Å². The van der Waals surface area contributed by atoms with E-state index >= 15 is 0 Å². The summed E-state index contributed by atoms with van der Waals surface area (Å²) in [4.78, 5) is 4.37. The molecule has 0 saturated carbocycles. The average Bonchev–Trinajstić information content (AvgIpc) is 2.50. The number of guanidine groups is 1. The predicted molar refractivity (Wildman–Crippen MR) is 92.5 cm³/mol. The fourth-order valence-electron chi connectivity index (χ4n) is 2.08. The first-order chi connectivity index (χ1) is 10.6. The number of benzene rings is 2. The largest absolute Gasteiger partial charge is 0.494 e. The molecule has 0 radical (unpaired) electrons. The Morgan fingerprint density at radius 1 is 1.14 bits per heavy atom. The number of nitrogens with one attached hydrogen (secondary N) is 1. The molecule has 0 atom stereocenters. The summed E-state index contributed by atoms with van der Waals surface area (Å²) < 4.78 is 5.48. The molecule has 2 rings (SSSR count). The van der Waals surface area contributed by atoms with Crippen molar-refractivity contribution in [2.45, 2.75) is 27.3 Å². The Kier molecular flexibility index (Phi) is 5.42. The number of rotatable bonds is 5. The summed E-state index contributed by atoms with van der Waals surface area (Å²) in [7, 11) is 0. The normalized spacial score (nSPS) is 11.3. The minimum atomic E-state index is 0.407. The molecule has 2 aromatic rings. The van der Waals surface area contributed by atoms with Crippen LogP contribution in [0.5, 0.6) is 5.75 Å². The molecular weight excluding hydrogens is 274 g/mol. The second-order valence-electron chi connectivity index (χ2n) is 5.21. The van der Waals surface area contributed by atoms with Gasteiger partial charge in [-0.25, -0.2) is 4.99 Å². The van der Waals surface area contributed by atoms with Crippen LogP contribution in [0.25, 0.3) is 0 Å². The van der Waals surface area contributed by atoms with Crippen molar-refractivity contribution in [3.8, 4) is 5.75 Å². The number of anilines is 1. The van der Waals surface area contributed by atoms with Crippen LogP contribution in [0.15, 0.2) is 47.5 Å². The van der Waals surface area contributed by atoms with Gasteiger partial charge in [0.2, 0.25) is 0 Å². The Bertz CT molecular complexity index is 665. The zero-order valence-electron chi connectivity index (χ0n) is 13.4. The first-order valence-electron chi connectivity index (χ1n) is 7.44. The molecule has 0 aliphatic carbocycles. The lowest BCUT2D eigenvalue weighted by Gasteiger charge is -2.08. The number of hydrogen-bond donors (Lipinski definition) is 2. The summed E-state index contributed by atoms with van der Waals surface area (Å²) in [6, 6.07) is 14.0. The fourth-order valence-corrected chi connectivity index (χ4v) is 2.08. The van der Waals surface area contributed by atoms with Gasteiger partial charge in [0.15, 0.2) is 5.96 Å². The molecule has 0 amide bonds. The van der Waals surface area contributed by atoms with Gasteiger partial charge in [0.05, 0.1) is 13.2 Å². The molecule has 0 aromatic heterocycles. The van der Waals surface area contributed by atoms with Crippen LogP contribution in [0.3, 0.4) is 0 Å². The van der Waals surface area contributed by atoms with Gasteiger partial charge < -0.3 is 15.8 Å². The summed E-state index contributed by atoms with van der Waals surface area (Å²) in [5, 5.41) is 3.12. The van der Waals surface area contributed by atoms with Crippen molar-refractivity contribution in [3.05, 3.63) is 59.2 Å². The van der Waals surface area contributed by atoms with E-state index in [2.05, 4.69) is 36.3 Å². The molecule has 4 nitrogen and oxygen atoms in total. The number of nitrogens with two attached hydrogens (primary N) is 1. The number of nitrogens with zero attached hydrogens (tertiary/aromatic N) is 1. The van der Waals surface area contributed by atoms with Crippen molar-refractivity contribution in [2.75, 3.05) is 11.9 Å². The van der Waals surface area contributed by atoms with Gasteiger partial charge in [0.1, 0.15) is 5.75 Å². The van der Waals surface area contributed by atoms with E-state index in [4.69, 9.17) is 10.5 Å². The first-order valence-corrected chi connectivity index (χ1v) is 7.44. The van der Waals surface area contributed by atoms with E-state index in [0.29, 0.717) is 19.1 Å². The molecule has 0 aliphatic heterocycles. The molecule has 0 bridgehead atoms. The van der Waals surface area contributed by atoms with Crippen LogP contribution in [0.2, 0.25) is 0 Å². The molecule has 0 unspecified atom stereocenters. The molecule has 4 heteroatoms. The highest BCUT2D eigenvalue weighted by molar-refractivity contribution is 5.92. The Hall–Kier alpha value is -2.49. The number of ether oxygens (including phenoxy) is 1. The molecule has 0 heterocycles. The van der Waals surface area contributed by atoms with E-state index in [0.717, 1.165) is 17.0 Å². The van der Waals surface area contributed by atoms with E-state index < -0.39 is 0 Å². The maximum absolute atomic E-state index is 5.95. The van der Waals surface area contributed by atoms with Gasteiger partial charge >= 0.3 is 0 Å². The average molecular weight is 297 g/mol. The molecular formula is C18H23N3O. The van der Waals surface area contributed by atoms with E-state index in [1.165, 1.54) is 11.1 Å². The lowest BCUT2D eigenvalue weighted by Crippen LogP contribution is -2.22. The zero-order chi connectivity index (χ0) is 15.9. The van der Waals surface area contributed by atoms with Gasteiger partial charge in [-0.1, -0.05) is 18.2 Å². The summed E-state index contributed by atoms with van der Waals surface area (Å²) in [6.45, 7) is 7.30. The third kappa shape index (κ3) is 4.52. The van der Waals surface area contributed by atoms with Gasteiger partial charge in [-0.05, 0) is 61.7 Å². The molecule has 116 valence electrons. The van der Waals surface area contributed by atoms with Crippen LogP contribution in [-0.2, 0) is 6.54 Å². The lowest BCUT2D eigenvalue weighted by atomic mass is 10.1. The second kappa shape index (κ2) is 7.50. The highest BCUT2D eigenvalue weighted by Gasteiger charge is 1.99. The maximum Gasteiger partial charge on any atom is 0.193 e. The minimum absolute atomic E-state index is 0.407. The van der Waals surface area contributed by atoms with Gasteiger partial charge in [-0.3, -0.25) is 0 Å². The maximum atomic E-state index is 5.95. The van der Waals surface area contributed by atoms with Crippen molar-refractivity contribution in [2.24, 2.45) is 10.7 Å². The van der Waals surface area contributed by atoms with E-state index in [9.17, 15) is 0 Å². The highest BCUT2D eigenvalue weighted by Crippen LogP contribution is 2.15. The topological polar surface area (TPSA) is 59.6 Å². The first kappa shape index (κ1) is 15.9. The second-order valence-corrected chi connectivity index (χ2v) is 5.21. The van der Waals surface area contributed by atoms with Crippen LogP contribution >= 0.6 is 0 Å². The van der Waals surface area contributed by atoms with Crippen molar-refractivity contribution in [1.29, 1.82) is 0 Å². The van der Waals surface area contributed by atoms with E-state index in [1.807, 2.05) is 37.3 Å². The Balaban J connectivity index is 2.00. The lowest BCUT2D eigenvalue weighted by molar-refractivity contribution is 0.340. The van der Waals surface area contributed by atoms with Crippen LogP contribution in [0, 0.1) is 13.8 Å².